The molecule has 0 saturated carbocycles. The van der Waals surface area contributed by atoms with Gasteiger partial charge in [0.2, 0.25) is 5.95 Å². The molecule has 0 saturated heterocycles. The van der Waals surface area contributed by atoms with E-state index in [0.717, 1.165) is 16.8 Å². The maximum atomic E-state index is 10.2. The summed E-state index contributed by atoms with van der Waals surface area (Å²) in [6.45, 7) is 1.82. The van der Waals surface area contributed by atoms with Gasteiger partial charge in [-0.05, 0) is 48.4 Å². The Bertz CT molecular complexity index is 914. The van der Waals surface area contributed by atoms with Crippen molar-refractivity contribution >= 4 is 35.4 Å². The summed E-state index contributed by atoms with van der Waals surface area (Å²) in [6, 6.07) is 10.5. The van der Waals surface area contributed by atoms with E-state index >= 15 is 0 Å². The topological polar surface area (TPSA) is 76.4 Å². The Morgan fingerprint density at radius 3 is 2.42 bits per heavy atom. The molecule has 0 atom stereocenters. The Hall–Kier alpha value is -2.50. The van der Waals surface area contributed by atoms with Gasteiger partial charge in [-0.25, -0.2) is 9.66 Å². The highest BCUT2D eigenvalue weighted by Crippen LogP contribution is 2.30. The van der Waals surface area contributed by atoms with Crippen LogP contribution in [0.2, 0.25) is 10.0 Å². The summed E-state index contributed by atoms with van der Waals surface area (Å²) in [4.78, 5) is 4.06. The fraction of sp³-hybridized carbons (Fsp3) is 0.0588. The van der Waals surface area contributed by atoms with Crippen molar-refractivity contribution in [2.24, 2.45) is 5.10 Å². The van der Waals surface area contributed by atoms with E-state index in [1.165, 1.54) is 10.9 Å². The lowest BCUT2D eigenvalue weighted by molar-refractivity contribution is 0.474. The summed E-state index contributed by atoms with van der Waals surface area (Å²) in [5, 5.41) is 15.5. The molecule has 0 unspecified atom stereocenters. The predicted molar refractivity (Wildman–Crippen MR) is 97.9 cm³/mol. The van der Waals surface area contributed by atoms with E-state index < -0.39 is 0 Å². The molecule has 0 aliphatic carbocycles. The number of imidazole rings is 1. The number of hydrogen-bond donors (Lipinski definition) is 2. The molecular formula is C17H14Cl2N4O. The van der Waals surface area contributed by atoms with Gasteiger partial charge in [-0.15, -0.1) is 0 Å². The molecule has 0 bridgehead atoms. The molecule has 1 heterocycles. The minimum absolute atomic E-state index is 0.0859. The molecule has 24 heavy (non-hydrogen) atoms. The largest absolute Gasteiger partial charge is 0.507 e. The Labute approximate surface area is 149 Å². The predicted octanol–water partition coefficient (Wildman–Crippen LogP) is 4.34. The SMILES string of the molecule is Cc1cn(N=Cc2ccc(-c3cc(Cl)cc(Cl)c3)cc2O)c(N)n1. The molecule has 0 fully saturated rings. The molecule has 0 amide bonds. The van der Waals surface area contributed by atoms with Crippen LogP contribution in [0.4, 0.5) is 5.95 Å². The van der Waals surface area contributed by atoms with Crippen LogP contribution in [-0.2, 0) is 0 Å². The molecule has 3 rings (SSSR count). The number of nitrogen functional groups attached to an aromatic ring is 1. The van der Waals surface area contributed by atoms with Crippen molar-refractivity contribution in [3.8, 4) is 16.9 Å². The molecule has 0 radical (unpaired) electrons. The number of rotatable bonds is 3. The highest BCUT2D eigenvalue weighted by Gasteiger charge is 2.06. The fourth-order valence-electron chi connectivity index (χ4n) is 2.27. The Balaban J connectivity index is 1.91. The van der Waals surface area contributed by atoms with Gasteiger partial charge in [0.25, 0.3) is 0 Å². The van der Waals surface area contributed by atoms with Gasteiger partial charge in [0.1, 0.15) is 5.75 Å². The lowest BCUT2D eigenvalue weighted by Crippen LogP contribution is -1.97. The maximum Gasteiger partial charge on any atom is 0.221 e. The van der Waals surface area contributed by atoms with E-state index in [0.29, 0.717) is 15.6 Å². The lowest BCUT2D eigenvalue weighted by Gasteiger charge is -2.06. The molecule has 7 heteroatoms. The number of hydrogen-bond acceptors (Lipinski definition) is 4. The monoisotopic (exact) mass is 360 g/mol. The zero-order valence-electron chi connectivity index (χ0n) is 12.7. The first-order valence-corrected chi connectivity index (χ1v) is 7.83. The van der Waals surface area contributed by atoms with E-state index in [4.69, 9.17) is 28.9 Å². The second-order valence-electron chi connectivity index (χ2n) is 5.26. The van der Waals surface area contributed by atoms with E-state index in [-0.39, 0.29) is 11.7 Å². The average molecular weight is 361 g/mol. The number of phenols is 1. The van der Waals surface area contributed by atoms with Crippen LogP contribution in [0.25, 0.3) is 11.1 Å². The van der Waals surface area contributed by atoms with Crippen molar-refractivity contribution in [1.29, 1.82) is 0 Å². The summed E-state index contributed by atoms with van der Waals surface area (Å²) >= 11 is 12.0. The van der Waals surface area contributed by atoms with Crippen LogP contribution in [0.3, 0.4) is 0 Å². The van der Waals surface area contributed by atoms with Crippen LogP contribution in [0.15, 0.2) is 47.7 Å². The van der Waals surface area contributed by atoms with E-state index in [1.54, 1.807) is 36.5 Å². The molecule has 122 valence electrons. The zero-order valence-corrected chi connectivity index (χ0v) is 14.3. The van der Waals surface area contributed by atoms with Crippen LogP contribution in [-0.4, -0.2) is 21.0 Å². The van der Waals surface area contributed by atoms with Gasteiger partial charge < -0.3 is 10.8 Å². The van der Waals surface area contributed by atoms with Crippen molar-refractivity contribution < 1.29 is 5.11 Å². The van der Waals surface area contributed by atoms with Crippen molar-refractivity contribution in [1.82, 2.24) is 9.66 Å². The molecule has 0 aliphatic rings. The van der Waals surface area contributed by atoms with Gasteiger partial charge in [-0.2, -0.15) is 5.10 Å². The van der Waals surface area contributed by atoms with Crippen LogP contribution in [0.1, 0.15) is 11.3 Å². The first kappa shape index (κ1) is 16.4. The third kappa shape index (κ3) is 3.53. The Kier molecular flexibility index (Phi) is 4.46. The first-order valence-electron chi connectivity index (χ1n) is 7.07. The van der Waals surface area contributed by atoms with Crippen LogP contribution in [0.5, 0.6) is 5.75 Å². The molecule has 3 aromatic rings. The third-order valence-electron chi connectivity index (χ3n) is 3.38. The molecule has 2 aromatic carbocycles. The minimum atomic E-state index is 0.0859. The number of phenolic OH excluding ortho intramolecular Hbond substituents is 1. The van der Waals surface area contributed by atoms with Crippen LogP contribution >= 0.6 is 23.2 Å². The van der Waals surface area contributed by atoms with Crippen molar-refractivity contribution in [3.05, 3.63) is 63.9 Å². The van der Waals surface area contributed by atoms with Crippen molar-refractivity contribution in [2.45, 2.75) is 6.92 Å². The standard InChI is InChI=1S/C17H14Cl2N4O/c1-10-9-23(17(20)22-10)21-8-12-3-2-11(6-16(12)24)13-4-14(18)7-15(19)5-13/h2-9,24H,1H3,(H2,20,22). The molecule has 0 aliphatic heterocycles. The summed E-state index contributed by atoms with van der Waals surface area (Å²) in [7, 11) is 0. The first-order chi connectivity index (χ1) is 11.4. The van der Waals surface area contributed by atoms with Gasteiger partial charge in [0.15, 0.2) is 0 Å². The second-order valence-corrected chi connectivity index (χ2v) is 6.13. The quantitative estimate of drug-likeness (QED) is 0.682. The van der Waals surface area contributed by atoms with Crippen LogP contribution < -0.4 is 5.73 Å². The summed E-state index contributed by atoms with van der Waals surface area (Å²) in [5.74, 6) is 0.371. The van der Waals surface area contributed by atoms with E-state index in [2.05, 4.69) is 10.1 Å². The molecule has 0 spiro atoms. The minimum Gasteiger partial charge on any atom is -0.507 e. The maximum absolute atomic E-state index is 10.2. The number of halogens is 2. The molecule has 5 nitrogen and oxygen atoms in total. The third-order valence-corrected chi connectivity index (χ3v) is 3.82. The molecule has 1 aromatic heterocycles. The van der Waals surface area contributed by atoms with Gasteiger partial charge in [-0.1, -0.05) is 29.3 Å². The van der Waals surface area contributed by atoms with Gasteiger partial charge in [0, 0.05) is 15.6 Å². The number of aromatic nitrogens is 2. The Morgan fingerprint density at radius 1 is 1.12 bits per heavy atom. The lowest BCUT2D eigenvalue weighted by atomic mass is 10.0. The summed E-state index contributed by atoms with van der Waals surface area (Å²) < 4.78 is 1.44. The van der Waals surface area contributed by atoms with Gasteiger partial charge >= 0.3 is 0 Å². The zero-order chi connectivity index (χ0) is 17.3. The Morgan fingerprint density at radius 2 is 1.83 bits per heavy atom. The normalized spacial score (nSPS) is 11.3. The molecular weight excluding hydrogens is 347 g/mol. The number of anilines is 1. The van der Waals surface area contributed by atoms with Crippen molar-refractivity contribution in [2.75, 3.05) is 5.73 Å². The number of aromatic hydroxyl groups is 1. The number of nitrogens with two attached hydrogens (primary N) is 1. The molecule has 3 N–H and O–H groups in total. The van der Waals surface area contributed by atoms with Gasteiger partial charge in [0.05, 0.1) is 18.1 Å². The average Bonchev–Trinajstić information content (AvgIpc) is 2.83. The number of aryl methyl sites for hydroxylation is 1. The number of nitrogens with zero attached hydrogens (tertiary/aromatic N) is 3. The van der Waals surface area contributed by atoms with Crippen LogP contribution in [0, 0.1) is 6.92 Å². The second kappa shape index (κ2) is 6.55. The summed E-state index contributed by atoms with van der Waals surface area (Å²) in [6.07, 6.45) is 3.22. The van der Waals surface area contributed by atoms with Crippen molar-refractivity contribution in [3.63, 3.8) is 0 Å². The smallest absolute Gasteiger partial charge is 0.221 e. The number of benzene rings is 2. The highest BCUT2D eigenvalue weighted by atomic mass is 35.5. The fourth-order valence-corrected chi connectivity index (χ4v) is 2.80. The highest BCUT2D eigenvalue weighted by molar-refractivity contribution is 6.35. The van der Waals surface area contributed by atoms with Gasteiger partial charge in [-0.3, -0.25) is 0 Å². The van der Waals surface area contributed by atoms with E-state index in [9.17, 15) is 5.11 Å². The summed E-state index contributed by atoms with van der Waals surface area (Å²) in [5.41, 5.74) is 8.66. The van der Waals surface area contributed by atoms with E-state index in [1.807, 2.05) is 13.0 Å².